The molecule has 1 saturated heterocycles. The summed E-state index contributed by atoms with van der Waals surface area (Å²) < 4.78 is 0. The Morgan fingerprint density at radius 1 is 0.854 bits per heavy atom. The Hall–Kier alpha value is -4.84. The normalized spacial score (nSPS) is 23.9. The van der Waals surface area contributed by atoms with E-state index in [1.54, 1.807) is 18.3 Å². The minimum Gasteiger partial charge on any atom is -0.352 e. The van der Waals surface area contributed by atoms with Crippen LogP contribution in [0.4, 0.5) is 11.4 Å². The highest BCUT2D eigenvalue weighted by Crippen LogP contribution is 2.58. The standard InChI is InChI=1S/C35H29N3O3/c1-20-10-13-23(14-11-20)33(40)31-30(32(39)24-7-6-16-36-19-24)35(26-8-4-5-9-27(26)37-34(35)41)29-18-22(3)25-17-21(2)12-15-28(25)38(29)31/h4-19,29-31H,1-3H3,(H,37,41)/t29-,30-,31-,35-/m0/s1. The van der Waals surface area contributed by atoms with E-state index in [1.165, 1.54) is 6.20 Å². The number of aromatic nitrogens is 1. The fourth-order valence-corrected chi connectivity index (χ4v) is 7.12. The van der Waals surface area contributed by atoms with Crippen LogP contribution in [0.5, 0.6) is 0 Å². The molecule has 3 aromatic carbocycles. The minimum absolute atomic E-state index is 0.189. The van der Waals surface area contributed by atoms with Crippen LogP contribution in [-0.4, -0.2) is 34.5 Å². The molecule has 3 aliphatic heterocycles. The first-order chi connectivity index (χ1) is 19.8. The molecule has 1 aromatic heterocycles. The molecule has 1 N–H and O–H groups in total. The van der Waals surface area contributed by atoms with Gasteiger partial charge in [-0.3, -0.25) is 19.4 Å². The van der Waals surface area contributed by atoms with E-state index in [4.69, 9.17) is 0 Å². The van der Waals surface area contributed by atoms with E-state index >= 15 is 0 Å². The van der Waals surface area contributed by atoms with Crippen molar-refractivity contribution >= 4 is 34.4 Å². The van der Waals surface area contributed by atoms with Crippen LogP contribution in [0.2, 0.25) is 0 Å². The molecule has 6 heteroatoms. The number of hydrogen-bond donors (Lipinski definition) is 1. The highest BCUT2D eigenvalue weighted by molar-refractivity contribution is 6.18. The van der Waals surface area contributed by atoms with Gasteiger partial charge in [0.2, 0.25) is 5.91 Å². The third kappa shape index (κ3) is 3.50. The number of carbonyl (C=O) groups excluding carboxylic acids is 3. The van der Waals surface area contributed by atoms with E-state index < -0.39 is 23.4 Å². The van der Waals surface area contributed by atoms with Crippen molar-refractivity contribution in [2.24, 2.45) is 5.92 Å². The van der Waals surface area contributed by atoms with Crippen molar-refractivity contribution in [3.05, 3.63) is 131 Å². The predicted molar refractivity (Wildman–Crippen MR) is 159 cm³/mol. The maximum Gasteiger partial charge on any atom is 0.238 e. The summed E-state index contributed by atoms with van der Waals surface area (Å²) in [5, 5.41) is 3.08. The zero-order valence-corrected chi connectivity index (χ0v) is 23.1. The lowest BCUT2D eigenvalue weighted by Crippen LogP contribution is -2.51. The number of carbonyl (C=O) groups is 3. The number of Topliss-reactive ketones (excluding diaryl/α,β-unsaturated/α-hetero) is 2. The molecule has 6 nitrogen and oxygen atoms in total. The molecule has 0 radical (unpaired) electrons. The van der Waals surface area contributed by atoms with E-state index in [-0.39, 0.29) is 17.5 Å². The van der Waals surface area contributed by atoms with Crippen LogP contribution in [-0.2, 0) is 10.2 Å². The second-order valence-electron chi connectivity index (χ2n) is 11.3. The molecule has 4 aromatic rings. The van der Waals surface area contributed by atoms with Gasteiger partial charge in [-0.05, 0) is 62.2 Å². The topological polar surface area (TPSA) is 79.4 Å². The summed E-state index contributed by atoms with van der Waals surface area (Å²) in [5.74, 6) is -1.74. The first-order valence-electron chi connectivity index (χ1n) is 13.9. The SMILES string of the molecule is CC1=C[C@@H]2N(c3ccc(C)cc31)[C@H](C(=O)c1ccc(C)cc1)[C@@H](C(=O)c1cccnc1)[C@@]21C(=O)Nc2ccccc21. The van der Waals surface area contributed by atoms with Gasteiger partial charge in [0, 0.05) is 40.5 Å². The largest absolute Gasteiger partial charge is 0.352 e. The molecule has 4 atom stereocenters. The van der Waals surface area contributed by atoms with E-state index in [0.717, 1.165) is 33.5 Å². The molecule has 0 bridgehead atoms. The third-order valence-electron chi connectivity index (χ3n) is 8.97. The number of pyridine rings is 1. The fraction of sp³-hybridized carbons (Fsp3) is 0.200. The molecule has 0 unspecified atom stereocenters. The van der Waals surface area contributed by atoms with Crippen LogP contribution >= 0.6 is 0 Å². The molecule has 7 rings (SSSR count). The molecular weight excluding hydrogens is 510 g/mol. The summed E-state index contributed by atoms with van der Waals surface area (Å²) >= 11 is 0. The monoisotopic (exact) mass is 539 g/mol. The molecule has 3 aliphatic rings. The maximum absolute atomic E-state index is 14.7. The maximum atomic E-state index is 14.7. The molecule has 0 saturated carbocycles. The van der Waals surface area contributed by atoms with Crippen LogP contribution in [0.15, 0.2) is 97.3 Å². The lowest BCUT2D eigenvalue weighted by atomic mass is 9.64. The zero-order valence-electron chi connectivity index (χ0n) is 23.1. The number of aryl methyl sites for hydroxylation is 2. The van der Waals surface area contributed by atoms with Crippen molar-refractivity contribution in [1.82, 2.24) is 4.98 Å². The number of rotatable bonds is 4. The highest BCUT2D eigenvalue weighted by Gasteiger charge is 2.70. The van der Waals surface area contributed by atoms with E-state index in [0.29, 0.717) is 16.8 Å². The van der Waals surface area contributed by atoms with Crippen LogP contribution < -0.4 is 10.2 Å². The van der Waals surface area contributed by atoms with Crippen molar-refractivity contribution < 1.29 is 14.4 Å². The molecule has 0 aliphatic carbocycles. The summed E-state index contributed by atoms with van der Waals surface area (Å²) in [6.45, 7) is 6.05. The van der Waals surface area contributed by atoms with Crippen LogP contribution in [0.1, 0.15) is 49.9 Å². The summed E-state index contributed by atoms with van der Waals surface area (Å²) in [6.07, 6.45) is 5.22. The smallest absolute Gasteiger partial charge is 0.238 e. The molecule has 1 amide bonds. The average Bonchev–Trinajstić information content (AvgIpc) is 3.45. The number of nitrogens with zero attached hydrogens (tertiary/aromatic N) is 2. The van der Waals surface area contributed by atoms with Gasteiger partial charge < -0.3 is 10.2 Å². The summed E-state index contributed by atoms with van der Waals surface area (Å²) in [5.41, 5.74) is 5.95. The van der Waals surface area contributed by atoms with Gasteiger partial charge in [-0.15, -0.1) is 0 Å². The van der Waals surface area contributed by atoms with Crippen molar-refractivity contribution in [2.75, 3.05) is 10.2 Å². The summed E-state index contributed by atoms with van der Waals surface area (Å²) in [6, 6.07) is 23.1. The predicted octanol–water partition coefficient (Wildman–Crippen LogP) is 5.94. The van der Waals surface area contributed by atoms with E-state index in [9.17, 15) is 14.4 Å². The second-order valence-corrected chi connectivity index (χ2v) is 11.3. The Morgan fingerprint density at radius 3 is 2.37 bits per heavy atom. The van der Waals surface area contributed by atoms with Crippen LogP contribution in [0.3, 0.4) is 0 Å². The van der Waals surface area contributed by atoms with Gasteiger partial charge in [0.15, 0.2) is 11.6 Å². The van der Waals surface area contributed by atoms with Crippen LogP contribution in [0.25, 0.3) is 5.57 Å². The van der Waals surface area contributed by atoms with Crippen molar-refractivity contribution in [1.29, 1.82) is 0 Å². The van der Waals surface area contributed by atoms with Gasteiger partial charge in [0.25, 0.3) is 0 Å². The minimum atomic E-state index is -1.33. The van der Waals surface area contributed by atoms with Crippen LogP contribution in [0, 0.1) is 19.8 Å². The number of fused-ring (bicyclic) bond motifs is 6. The number of nitrogens with one attached hydrogen (secondary N) is 1. The molecular formula is C35H29N3O3. The number of anilines is 2. The fourth-order valence-electron chi connectivity index (χ4n) is 7.12. The Morgan fingerprint density at radius 2 is 1.61 bits per heavy atom. The number of para-hydroxylation sites is 1. The number of ketones is 2. The van der Waals surface area contributed by atoms with Crippen molar-refractivity contribution in [3.8, 4) is 0 Å². The number of allylic oxidation sites excluding steroid dienone is 1. The molecule has 1 spiro atoms. The average molecular weight is 540 g/mol. The molecule has 202 valence electrons. The quantitative estimate of drug-likeness (QED) is 0.325. The van der Waals surface area contributed by atoms with Crippen molar-refractivity contribution in [3.63, 3.8) is 0 Å². The van der Waals surface area contributed by atoms with E-state index in [1.807, 2.05) is 86.3 Å². The molecule has 1 fully saturated rings. The summed E-state index contributed by atoms with van der Waals surface area (Å²) in [4.78, 5) is 50.1. The van der Waals surface area contributed by atoms with Crippen molar-refractivity contribution in [2.45, 2.75) is 38.3 Å². The third-order valence-corrected chi connectivity index (χ3v) is 8.97. The number of amides is 1. The van der Waals surface area contributed by atoms with E-state index in [2.05, 4.69) is 22.4 Å². The Labute approximate surface area is 238 Å². The Bertz CT molecular complexity index is 1780. The lowest BCUT2D eigenvalue weighted by Gasteiger charge is -2.39. The van der Waals surface area contributed by atoms with Gasteiger partial charge in [0.1, 0.15) is 11.5 Å². The van der Waals surface area contributed by atoms with Gasteiger partial charge in [-0.2, -0.15) is 0 Å². The second kappa shape index (κ2) is 9.10. The van der Waals surface area contributed by atoms with Gasteiger partial charge >= 0.3 is 0 Å². The summed E-state index contributed by atoms with van der Waals surface area (Å²) in [7, 11) is 0. The molecule has 4 heterocycles. The number of hydrogen-bond acceptors (Lipinski definition) is 5. The Balaban J connectivity index is 1.56. The van der Waals surface area contributed by atoms with Gasteiger partial charge in [-0.1, -0.05) is 65.7 Å². The molecule has 41 heavy (non-hydrogen) atoms. The first kappa shape index (κ1) is 25.1. The van der Waals surface area contributed by atoms with Gasteiger partial charge in [0.05, 0.1) is 12.0 Å². The Kier molecular flexibility index (Phi) is 5.58. The lowest BCUT2D eigenvalue weighted by molar-refractivity contribution is -0.121. The van der Waals surface area contributed by atoms with Gasteiger partial charge in [-0.25, -0.2) is 0 Å². The zero-order chi connectivity index (χ0) is 28.5. The first-order valence-corrected chi connectivity index (χ1v) is 13.9. The highest BCUT2D eigenvalue weighted by atomic mass is 16.2. The number of benzene rings is 3.